The fourth-order valence-electron chi connectivity index (χ4n) is 2.61. The van der Waals surface area contributed by atoms with Crippen molar-refractivity contribution in [1.82, 2.24) is 0 Å². The first kappa shape index (κ1) is 20.1. The predicted octanol–water partition coefficient (Wildman–Crippen LogP) is 4.52. The van der Waals surface area contributed by atoms with Crippen molar-refractivity contribution in [2.45, 2.75) is 19.1 Å². The number of hydrogen-bond acceptors (Lipinski definition) is 4. The van der Waals surface area contributed by atoms with Gasteiger partial charge in [-0.15, -0.1) is 0 Å². The number of esters is 1. The quantitative estimate of drug-likeness (QED) is 0.600. The van der Waals surface area contributed by atoms with E-state index in [-0.39, 0.29) is 0 Å². The minimum Gasteiger partial charge on any atom is -0.479 e. The molecule has 0 aromatic heterocycles. The van der Waals surface area contributed by atoms with Crippen molar-refractivity contribution in [3.63, 3.8) is 0 Å². The van der Waals surface area contributed by atoms with Crippen molar-refractivity contribution in [2.75, 3.05) is 5.32 Å². The van der Waals surface area contributed by atoms with Crippen LogP contribution in [0.2, 0.25) is 0 Å². The lowest BCUT2D eigenvalue weighted by atomic mass is 10.1. The topological polar surface area (TPSA) is 64.6 Å². The molecule has 29 heavy (non-hydrogen) atoms. The van der Waals surface area contributed by atoms with Crippen LogP contribution in [0.1, 0.15) is 18.6 Å². The molecule has 0 spiro atoms. The van der Waals surface area contributed by atoms with E-state index >= 15 is 0 Å². The van der Waals surface area contributed by atoms with Crippen molar-refractivity contribution in [2.24, 2.45) is 0 Å². The fourth-order valence-corrected chi connectivity index (χ4v) is 2.61. The molecule has 0 unspecified atom stereocenters. The SMILES string of the molecule is C[C@@H](Oc1ccccc1)C(=O)O[C@@H](C(=O)Nc1ccc(F)cc1)c1ccccc1. The van der Waals surface area contributed by atoms with Crippen LogP contribution in [0, 0.1) is 5.82 Å². The molecule has 1 amide bonds. The molecule has 3 aromatic rings. The van der Waals surface area contributed by atoms with Crippen molar-refractivity contribution >= 4 is 17.6 Å². The number of amides is 1. The number of hydrogen-bond donors (Lipinski definition) is 1. The number of para-hydroxylation sites is 1. The number of benzene rings is 3. The largest absolute Gasteiger partial charge is 0.479 e. The third-order valence-electron chi connectivity index (χ3n) is 4.07. The summed E-state index contributed by atoms with van der Waals surface area (Å²) in [6.45, 7) is 1.55. The summed E-state index contributed by atoms with van der Waals surface area (Å²) < 4.78 is 24.1. The summed E-state index contributed by atoms with van der Waals surface area (Å²) in [6.07, 6.45) is -2.10. The molecule has 0 saturated carbocycles. The molecule has 3 aromatic carbocycles. The van der Waals surface area contributed by atoms with Gasteiger partial charge in [0.25, 0.3) is 5.91 Å². The Labute approximate surface area is 168 Å². The summed E-state index contributed by atoms with van der Waals surface area (Å²) in [5.41, 5.74) is 0.898. The van der Waals surface area contributed by atoms with Crippen molar-refractivity contribution in [1.29, 1.82) is 0 Å². The Kier molecular flexibility index (Phi) is 6.58. The van der Waals surface area contributed by atoms with Crippen LogP contribution in [-0.2, 0) is 14.3 Å². The molecule has 1 N–H and O–H groups in total. The third-order valence-corrected chi connectivity index (χ3v) is 4.07. The molecule has 0 fully saturated rings. The van der Waals surface area contributed by atoms with E-state index in [1.807, 2.05) is 6.07 Å². The van der Waals surface area contributed by atoms with Gasteiger partial charge in [0.05, 0.1) is 0 Å². The Morgan fingerprint density at radius 3 is 2.07 bits per heavy atom. The number of nitrogens with one attached hydrogen (secondary N) is 1. The zero-order chi connectivity index (χ0) is 20.6. The molecule has 148 valence electrons. The first-order valence-electron chi connectivity index (χ1n) is 9.06. The molecule has 0 bridgehead atoms. The lowest BCUT2D eigenvalue weighted by Crippen LogP contribution is -2.32. The summed E-state index contributed by atoms with van der Waals surface area (Å²) >= 11 is 0. The first-order chi connectivity index (χ1) is 14.0. The lowest BCUT2D eigenvalue weighted by Gasteiger charge is -2.21. The van der Waals surface area contributed by atoms with Gasteiger partial charge in [0, 0.05) is 11.3 Å². The first-order valence-corrected chi connectivity index (χ1v) is 9.06. The van der Waals surface area contributed by atoms with Crippen LogP contribution in [-0.4, -0.2) is 18.0 Å². The highest BCUT2D eigenvalue weighted by Gasteiger charge is 2.28. The maximum absolute atomic E-state index is 13.1. The van der Waals surface area contributed by atoms with E-state index in [4.69, 9.17) is 9.47 Å². The minimum atomic E-state index is -1.18. The van der Waals surface area contributed by atoms with Crippen LogP contribution in [0.5, 0.6) is 5.75 Å². The van der Waals surface area contributed by atoms with Gasteiger partial charge in [-0.3, -0.25) is 4.79 Å². The number of rotatable bonds is 7. The third kappa shape index (κ3) is 5.65. The van der Waals surface area contributed by atoms with Crippen LogP contribution < -0.4 is 10.1 Å². The number of carbonyl (C=O) groups excluding carboxylic acids is 2. The van der Waals surface area contributed by atoms with Crippen LogP contribution in [0.25, 0.3) is 0 Å². The van der Waals surface area contributed by atoms with Gasteiger partial charge >= 0.3 is 5.97 Å². The van der Waals surface area contributed by atoms with Gasteiger partial charge in [-0.25, -0.2) is 9.18 Å². The van der Waals surface area contributed by atoms with Crippen LogP contribution in [0.4, 0.5) is 10.1 Å². The highest BCUT2D eigenvalue weighted by atomic mass is 19.1. The molecule has 0 heterocycles. The molecule has 5 nitrogen and oxygen atoms in total. The minimum absolute atomic E-state index is 0.391. The molecule has 0 aliphatic rings. The van der Waals surface area contributed by atoms with Gasteiger partial charge in [-0.2, -0.15) is 0 Å². The van der Waals surface area contributed by atoms with E-state index in [0.29, 0.717) is 17.0 Å². The monoisotopic (exact) mass is 393 g/mol. The van der Waals surface area contributed by atoms with Crippen LogP contribution >= 0.6 is 0 Å². The molecule has 0 radical (unpaired) electrons. The Balaban J connectivity index is 1.74. The molecule has 6 heteroatoms. The average Bonchev–Trinajstić information content (AvgIpc) is 2.74. The van der Waals surface area contributed by atoms with E-state index in [1.54, 1.807) is 61.5 Å². The highest BCUT2D eigenvalue weighted by Crippen LogP contribution is 2.22. The van der Waals surface area contributed by atoms with Crippen LogP contribution in [0.3, 0.4) is 0 Å². The van der Waals surface area contributed by atoms with Gasteiger partial charge in [0.15, 0.2) is 6.10 Å². The number of halogens is 1. The van der Waals surface area contributed by atoms with E-state index < -0.39 is 29.9 Å². The fraction of sp³-hybridized carbons (Fsp3) is 0.130. The second-order valence-electron chi connectivity index (χ2n) is 6.30. The molecule has 0 aliphatic heterocycles. The normalized spacial score (nSPS) is 12.5. The van der Waals surface area contributed by atoms with Crippen molar-refractivity contribution in [3.05, 3.63) is 96.3 Å². The number of anilines is 1. The molecule has 2 atom stereocenters. The number of ether oxygens (including phenoxy) is 2. The van der Waals surface area contributed by atoms with Crippen molar-refractivity contribution in [3.8, 4) is 5.75 Å². The van der Waals surface area contributed by atoms with Gasteiger partial charge in [-0.05, 0) is 43.3 Å². The molecule has 0 aliphatic carbocycles. The summed E-state index contributed by atoms with van der Waals surface area (Å²) in [7, 11) is 0. The van der Waals surface area contributed by atoms with Crippen molar-refractivity contribution < 1.29 is 23.5 Å². The van der Waals surface area contributed by atoms with Gasteiger partial charge in [0.1, 0.15) is 11.6 Å². The molecular formula is C23H20FNO4. The maximum Gasteiger partial charge on any atom is 0.348 e. The molecular weight excluding hydrogens is 373 g/mol. The lowest BCUT2D eigenvalue weighted by molar-refractivity contribution is -0.161. The maximum atomic E-state index is 13.1. The van der Waals surface area contributed by atoms with E-state index in [9.17, 15) is 14.0 Å². The summed E-state index contributed by atoms with van der Waals surface area (Å²) in [6, 6.07) is 22.8. The summed E-state index contributed by atoms with van der Waals surface area (Å²) in [5, 5.41) is 2.64. The summed E-state index contributed by atoms with van der Waals surface area (Å²) in [5.74, 6) is -1.13. The van der Waals surface area contributed by atoms with Crippen LogP contribution in [0.15, 0.2) is 84.9 Å². The number of carbonyl (C=O) groups is 2. The average molecular weight is 393 g/mol. The smallest absolute Gasteiger partial charge is 0.348 e. The molecule has 3 rings (SSSR count). The van der Waals surface area contributed by atoms with Gasteiger partial charge in [0.2, 0.25) is 6.10 Å². The van der Waals surface area contributed by atoms with E-state index in [2.05, 4.69) is 5.32 Å². The summed E-state index contributed by atoms with van der Waals surface area (Å²) in [4.78, 5) is 25.3. The standard InChI is InChI=1S/C23H20FNO4/c1-16(28-20-10-6-3-7-11-20)23(27)29-21(17-8-4-2-5-9-17)22(26)25-19-14-12-18(24)13-15-19/h2-16,21H,1H3,(H,25,26)/t16-,21-/m1/s1. The Morgan fingerprint density at radius 1 is 0.862 bits per heavy atom. The second-order valence-corrected chi connectivity index (χ2v) is 6.30. The Bertz CT molecular complexity index is 946. The zero-order valence-electron chi connectivity index (χ0n) is 15.7. The van der Waals surface area contributed by atoms with Gasteiger partial charge in [-0.1, -0.05) is 48.5 Å². The van der Waals surface area contributed by atoms with Gasteiger partial charge < -0.3 is 14.8 Å². The zero-order valence-corrected chi connectivity index (χ0v) is 15.7. The van der Waals surface area contributed by atoms with E-state index in [1.165, 1.54) is 24.3 Å². The predicted molar refractivity (Wildman–Crippen MR) is 107 cm³/mol. The highest BCUT2D eigenvalue weighted by molar-refractivity contribution is 5.96. The molecule has 0 saturated heterocycles. The second kappa shape index (κ2) is 9.50. The Hall–Kier alpha value is -3.67. The Morgan fingerprint density at radius 2 is 1.45 bits per heavy atom. The van der Waals surface area contributed by atoms with E-state index in [0.717, 1.165) is 0 Å².